The first-order valence-corrected chi connectivity index (χ1v) is 7.84. The lowest BCUT2D eigenvalue weighted by molar-refractivity contribution is -0.166. The van der Waals surface area contributed by atoms with Crippen LogP contribution in [0.2, 0.25) is 0 Å². The lowest BCUT2D eigenvalue weighted by atomic mass is 9.66. The van der Waals surface area contributed by atoms with Crippen LogP contribution in [0, 0.1) is 5.41 Å². The van der Waals surface area contributed by atoms with Crippen LogP contribution in [0.5, 0.6) is 0 Å². The largest absolute Gasteiger partial charge is 0.480 e. The normalized spacial score (nSPS) is 18.0. The van der Waals surface area contributed by atoms with Crippen molar-refractivity contribution in [2.75, 3.05) is 5.32 Å². The molecule has 0 fully saturated rings. The number of para-hydroxylation sites is 1. The highest BCUT2D eigenvalue weighted by Crippen LogP contribution is 2.43. The number of nitrogens with one attached hydrogen (secondary N) is 1. The summed E-state index contributed by atoms with van der Waals surface area (Å²) >= 11 is 0. The van der Waals surface area contributed by atoms with Gasteiger partial charge in [0.2, 0.25) is 5.91 Å². The Kier molecular flexibility index (Phi) is 4.27. The third-order valence-electron chi connectivity index (χ3n) is 4.65. The number of carboxylic acids is 2. The minimum absolute atomic E-state index is 0.136. The zero-order valence-corrected chi connectivity index (χ0v) is 13.3. The smallest absolute Gasteiger partial charge is 0.321 e. The van der Waals surface area contributed by atoms with E-state index in [1.807, 2.05) is 6.07 Å². The van der Waals surface area contributed by atoms with Crippen molar-refractivity contribution < 1.29 is 24.6 Å². The topological polar surface area (TPSA) is 104 Å². The van der Waals surface area contributed by atoms with Crippen molar-refractivity contribution in [2.45, 2.75) is 18.8 Å². The molecule has 0 aromatic heterocycles. The van der Waals surface area contributed by atoms with Crippen LogP contribution >= 0.6 is 0 Å². The molecule has 0 radical (unpaired) electrons. The number of rotatable bonds is 4. The second kappa shape index (κ2) is 6.39. The molecule has 0 bridgehead atoms. The molecule has 1 atom stereocenters. The number of benzene rings is 2. The van der Waals surface area contributed by atoms with Crippen molar-refractivity contribution >= 4 is 23.5 Å². The second-order valence-electron chi connectivity index (χ2n) is 6.18. The number of fused-ring (bicyclic) bond motifs is 1. The van der Waals surface area contributed by atoms with E-state index in [-0.39, 0.29) is 12.8 Å². The maximum absolute atomic E-state index is 12.8. The third kappa shape index (κ3) is 2.98. The van der Waals surface area contributed by atoms with Crippen LogP contribution in [0.15, 0.2) is 54.6 Å². The second-order valence-corrected chi connectivity index (χ2v) is 6.18. The van der Waals surface area contributed by atoms with Crippen LogP contribution in [0.3, 0.4) is 0 Å². The molecule has 128 valence electrons. The molecule has 25 heavy (non-hydrogen) atoms. The zero-order chi connectivity index (χ0) is 18.0. The van der Waals surface area contributed by atoms with Crippen molar-refractivity contribution in [1.82, 2.24) is 0 Å². The monoisotopic (exact) mass is 339 g/mol. The van der Waals surface area contributed by atoms with Crippen molar-refractivity contribution in [3.63, 3.8) is 0 Å². The van der Waals surface area contributed by atoms with Gasteiger partial charge in [0.15, 0.2) is 5.41 Å². The van der Waals surface area contributed by atoms with Gasteiger partial charge in [-0.3, -0.25) is 14.4 Å². The molecule has 0 spiro atoms. The van der Waals surface area contributed by atoms with E-state index in [0.717, 1.165) is 0 Å². The first kappa shape index (κ1) is 16.7. The molecule has 2 aromatic rings. The SMILES string of the molecule is O=C(Nc1ccccc1)C1CC(C(=O)O)(C(=O)O)Cc2ccccc21. The van der Waals surface area contributed by atoms with Gasteiger partial charge in [-0.05, 0) is 36.1 Å². The van der Waals surface area contributed by atoms with Crippen molar-refractivity contribution in [3.8, 4) is 0 Å². The lowest BCUT2D eigenvalue weighted by Gasteiger charge is -2.35. The van der Waals surface area contributed by atoms with Gasteiger partial charge in [-0.25, -0.2) is 0 Å². The molecule has 1 unspecified atom stereocenters. The maximum atomic E-state index is 12.8. The summed E-state index contributed by atoms with van der Waals surface area (Å²) in [6.45, 7) is 0. The van der Waals surface area contributed by atoms with E-state index in [9.17, 15) is 24.6 Å². The van der Waals surface area contributed by atoms with E-state index in [0.29, 0.717) is 16.8 Å². The molecule has 0 saturated carbocycles. The summed E-state index contributed by atoms with van der Waals surface area (Å²) in [6, 6.07) is 15.7. The van der Waals surface area contributed by atoms with Gasteiger partial charge in [-0.1, -0.05) is 42.5 Å². The standard InChI is InChI=1S/C19H17NO5/c21-16(20-13-7-2-1-3-8-13)15-11-19(17(22)23,18(24)25)10-12-6-4-5-9-14(12)15/h1-9,15H,10-11H2,(H,20,21)(H,22,23)(H,24,25). The Balaban J connectivity index is 2.00. The first-order valence-electron chi connectivity index (χ1n) is 7.84. The third-order valence-corrected chi connectivity index (χ3v) is 4.65. The molecule has 0 heterocycles. The van der Waals surface area contributed by atoms with E-state index < -0.39 is 29.2 Å². The molecule has 3 rings (SSSR count). The molecule has 3 N–H and O–H groups in total. The van der Waals surface area contributed by atoms with Gasteiger partial charge >= 0.3 is 11.9 Å². The number of carbonyl (C=O) groups is 3. The molecule has 6 heteroatoms. The number of anilines is 1. The molecule has 6 nitrogen and oxygen atoms in total. The Morgan fingerprint density at radius 1 is 0.920 bits per heavy atom. The predicted molar refractivity (Wildman–Crippen MR) is 90.3 cm³/mol. The quantitative estimate of drug-likeness (QED) is 0.743. The average Bonchev–Trinajstić information content (AvgIpc) is 2.61. The summed E-state index contributed by atoms with van der Waals surface area (Å²) in [5.41, 5.74) is -0.180. The fourth-order valence-corrected chi connectivity index (χ4v) is 3.29. The van der Waals surface area contributed by atoms with E-state index >= 15 is 0 Å². The summed E-state index contributed by atoms with van der Waals surface area (Å²) in [7, 11) is 0. The summed E-state index contributed by atoms with van der Waals surface area (Å²) < 4.78 is 0. The molecule has 2 aromatic carbocycles. The highest BCUT2D eigenvalue weighted by atomic mass is 16.4. The molecule has 1 aliphatic carbocycles. The summed E-state index contributed by atoms with van der Waals surface area (Å²) in [5.74, 6) is -4.11. The van der Waals surface area contributed by atoms with Crippen LogP contribution in [0.1, 0.15) is 23.5 Å². The van der Waals surface area contributed by atoms with Crippen LogP contribution in [-0.4, -0.2) is 28.1 Å². The van der Waals surface area contributed by atoms with Gasteiger partial charge in [-0.15, -0.1) is 0 Å². The number of aliphatic carboxylic acids is 2. The number of amides is 1. The van der Waals surface area contributed by atoms with E-state index in [1.165, 1.54) is 0 Å². The van der Waals surface area contributed by atoms with Gasteiger partial charge in [0.1, 0.15) is 0 Å². The molecule has 0 aliphatic heterocycles. The van der Waals surface area contributed by atoms with E-state index in [1.54, 1.807) is 48.5 Å². The molecule has 1 amide bonds. The van der Waals surface area contributed by atoms with E-state index in [4.69, 9.17) is 0 Å². The number of hydrogen-bond donors (Lipinski definition) is 3. The molecular formula is C19H17NO5. The maximum Gasteiger partial charge on any atom is 0.321 e. The van der Waals surface area contributed by atoms with Crippen molar-refractivity contribution in [2.24, 2.45) is 5.41 Å². The van der Waals surface area contributed by atoms with Crippen molar-refractivity contribution in [1.29, 1.82) is 0 Å². The average molecular weight is 339 g/mol. The summed E-state index contributed by atoms with van der Waals surface area (Å²) in [6.07, 6.45) is -0.420. The van der Waals surface area contributed by atoms with Gasteiger partial charge in [0.25, 0.3) is 0 Å². The van der Waals surface area contributed by atoms with Gasteiger partial charge in [0.05, 0.1) is 5.92 Å². The fraction of sp³-hybridized carbons (Fsp3) is 0.211. The lowest BCUT2D eigenvalue weighted by Crippen LogP contribution is -2.47. The molecule has 0 saturated heterocycles. The zero-order valence-electron chi connectivity index (χ0n) is 13.3. The molecule has 1 aliphatic rings. The predicted octanol–water partition coefficient (Wildman–Crippen LogP) is 2.51. The molecular weight excluding hydrogens is 322 g/mol. The van der Waals surface area contributed by atoms with Gasteiger partial charge < -0.3 is 15.5 Å². The van der Waals surface area contributed by atoms with Crippen LogP contribution in [0.4, 0.5) is 5.69 Å². The highest BCUT2D eigenvalue weighted by Gasteiger charge is 2.52. The van der Waals surface area contributed by atoms with E-state index in [2.05, 4.69) is 5.32 Å². The Bertz CT molecular complexity index is 817. The first-order chi connectivity index (χ1) is 11.9. The Morgan fingerprint density at radius 3 is 2.16 bits per heavy atom. The van der Waals surface area contributed by atoms with Crippen LogP contribution in [0.25, 0.3) is 0 Å². The summed E-state index contributed by atoms with van der Waals surface area (Å²) in [4.78, 5) is 36.2. The minimum Gasteiger partial charge on any atom is -0.480 e. The van der Waals surface area contributed by atoms with Crippen LogP contribution < -0.4 is 5.32 Å². The Hall–Kier alpha value is -3.15. The van der Waals surface area contributed by atoms with Crippen molar-refractivity contribution in [3.05, 3.63) is 65.7 Å². The Morgan fingerprint density at radius 2 is 1.52 bits per heavy atom. The Labute approximate surface area is 144 Å². The highest BCUT2D eigenvalue weighted by molar-refractivity contribution is 6.02. The minimum atomic E-state index is -2.01. The number of carboxylic acid groups (broad SMARTS) is 2. The van der Waals surface area contributed by atoms with Crippen LogP contribution in [-0.2, 0) is 20.8 Å². The van der Waals surface area contributed by atoms with Gasteiger partial charge in [-0.2, -0.15) is 0 Å². The number of hydrogen-bond acceptors (Lipinski definition) is 3. The summed E-state index contributed by atoms with van der Waals surface area (Å²) in [5, 5.41) is 21.9. The number of carbonyl (C=O) groups excluding carboxylic acids is 1. The fourth-order valence-electron chi connectivity index (χ4n) is 3.29. The van der Waals surface area contributed by atoms with Gasteiger partial charge in [0, 0.05) is 5.69 Å².